The molecule has 5 heterocycles. The fourth-order valence-electron chi connectivity index (χ4n) is 8.79. The molecule has 0 spiro atoms. The molecular weight excluding hydrogens is 660 g/mol. The number of rotatable bonds is 7. The Kier molecular flexibility index (Phi) is 10.8. The van der Waals surface area contributed by atoms with Crippen LogP contribution in [0, 0.1) is 6.92 Å². The number of para-hydroxylation sites is 1. The number of urea groups is 1. The van der Waals surface area contributed by atoms with Crippen LogP contribution in [0.1, 0.15) is 55.2 Å². The molecule has 52 heavy (non-hydrogen) atoms. The molecule has 12 heteroatoms. The monoisotopic (exact) mass is 712 g/mol. The fraction of sp³-hybridized carbons (Fsp3) is 0.550. The molecule has 1 atom stereocenters. The highest BCUT2D eigenvalue weighted by atomic mass is 16.6. The number of ether oxygens (including phenoxy) is 2. The lowest BCUT2D eigenvalue weighted by atomic mass is 9.97. The fourth-order valence-corrected chi connectivity index (χ4v) is 8.79. The summed E-state index contributed by atoms with van der Waals surface area (Å²) in [5, 5.41) is 3.96. The average Bonchev–Trinajstić information content (AvgIpc) is 3.33. The minimum absolute atomic E-state index is 0.00825. The van der Waals surface area contributed by atoms with E-state index in [1.807, 2.05) is 59.2 Å². The van der Waals surface area contributed by atoms with Gasteiger partial charge in [-0.05, 0) is 92.1 Å². The number of likely N-dealkylation sites (tertiary alicyclic amines) is 3. The Balaban J connectivity index is 1.02. The van der Waals surface area contributed by atoms with Crippen molar-refractivity contribution in [2.24, 2.45) is 7.05 Å². The number of carbonyl (C=O) groups is 3. The Bertz CT molecular complexity index is 1840. The molecule has 4 aliphatic heterocycles. The minimum Gasteiger partial charge on any atom is -0.436 e. The maximum Gasteiger partial charge on any atom is 0.410 e. The van der Waals surface area contributed by atoms with Gasteiger partial charge >= 0.3 is 12.1 Å². The molecule has 0 unspecified atom stereocenters. The van der Waals surface area contributed by atoms with Gasteiger partial charge in [0.2, 0.25) is 0 Å². The first-order valence-corrected chi connectivity index (χ1v) is 18.9. The molecule has 1 N–H and O–H groups in total. The third-order valence-corrected chi connectivity index (χ3v) is 11.8. The number of amides is 4. The van der Waals surface area contributed by atoms with Crippen molar-refractivity contribution in [3.8, 4) is 0 Å². The summed E-state index contributed by atoms with van der Waals surface area (Å²) in [7, 11) is 3.54. The molecule has 3 aromatic rings. The lowest BCUT2D eigenvalue weighted by molar-refractivity contribution is -0.142. The molecule has 4 aliphatic rings. The molecule has 0 radical (unpaired) electrons. The normalized spacial score (nSPS) is 20.4. The van der Waals surface area contributed by atoms with Gasteiger partial charge in [-0.15, -0.1) is 0 Å². The number of benzene rings is 2. The van der Waals surface area contributed by atoms with Gasteiger partial charge in [-0.2, -0.15) is 0 Å². The van der Waals surface area contributed by atoms with Crippen LogP contribution in [-0.2, 0) is 34.2 Å². The molecule has 3 saturated heterocycles. The van der Waals surface area contributed by atoms with Crippen LogP contribution in [0.3, 0.4) is 0 Å². The highest BCUT2D eigenvalue weighted by Gasteiger charge is 2.37. The summed E-state index contributed by atoms with van der Waals surface area (Å²) in [6, 6.07) is 15.6. The van der Waals surface area contributed by atoms with Gasteiger partial charge in [0.25, 0.3) is 11.5 Å². The van der Waals surface area contributed by atoms with Gasteiger partial charge in [0.1, 0.15) is 0 Å². The lowest BCUT2D eigenvalue weighted by Crippen LogP contribution is -2.53. The van der Waals surface area contributed by atoms with E-state index in [1.54, 1.807) is 29.7 Å². The van der Waals surface area contributed by atoms with E-state index in [0.29, 0.717) is 57.7 Å². The highest BCUT2D eigenvalue weighted by Crippen LogP contribution is 2.27. The zero-order chi connectivity index (χ0) is 36.4. The van der Waals surface area contributed by atoms with E-state index in [-0.39, 0.29) is 30.0 Å². The van der Waals surface area contributed by atoms with E-state index in [0.717, 1.165) is 78.5 Å². The van der Waals surface area contributed by atoms with Crippen molar-refractivity contribution in [3.05, 3.63) is 75.6 Å². The van der Waals surface area contributed by atoms with Crippen molar-refractivity contribution < 1.29 is 23.9 Å². The number of aryl methyl sites for hydroxylation is 2. The highest BCUT2D eigenvalue weighted by molar-refractivity contribution is 5.91. The summed E-state index contributed by atoms with van der Waals surface area (Å²) in [6.07, 6.45) is 4.95. The van der Waals surface area contributed by atoms with Crippen LogP contribution in [0.5, 0.6) is 0 Å². The summed E-state index contributed by atoms with van der Waals surface area (Å²) >= 11 is 0. The first kappa shape index (κ1) is 36.0. The van der Waals surface area contributed by atoms with Crippen LogP contribution < -0.4 is 10.9 Å². The van der Waals surface area contributed by atoms with Crippen molar-refractivity contribution in [3.63, 3.8) is 0 Å². The van der Waals surface area contributed by atoms with Crippen LogP contribution in [0.25, 0.3) is 10.9 Å². The second-order valence-corrected chi connectivity index (χ2v) is 14.9. The molecular formula is C40H52N6O6. The van der Waals surface area contributed by atoms with Gasteiger partial charge in [0.05, 0.1) is 11.6 Å². The SMILES string of the molecule is COC1CCN(C2CCN(C(=O)[C@@H](Cc3cc(C)c4c(ccc(=O)n4C)c3)OC(=O)N3CCC(N4CCc5ccccc5NC4=O)CC3)CC2)CC1. The number of piperidine rings is 3. The van der Waals surface area contributed by atoms with Crippen LogP contribution in [0.4, 0.5) is 15.3 Å². The Morgan fingerprint density at radius 1 is 0.846 bits per heavy atom. The Morgan fingerprint density at radius 2 is 1.54 bits per heavy atom. The van der Waals surface area contributed by atoms with E-state index in [1.165, 1.54) is 0 Å². The molecule has 0 saturated carbocycles. The van der Waals surface area contributed by atoms with Crippen molar-refractivity contribution in [1.82, 2.24) is 24.2 Å². The van der Waals surface area contributed by atoms with Gasteiger partial charge in [-0.25, -0.2) is 9.59 Å². The van der Waals surface area contributed by atoms with Crippen LogP contribution in [0.15, 0.2) is 53.3 Å². The van der Waals surface area contributed by atoms with Crippen molar-refractivity contribution in [1.29, 1.82) is 0 Å². The van der Waals surface area contributed by atoms with Crippen LogP contribution >= 0.6 is 0 Å². The number of nitrogens with zero attached hydrogens (tertiary/aromatic N) is 5. The molecule has 12 nitrogen and oxygen atoms in total. The molecule has 7 rings (SSSR count). The largest absolute Gasteiger partial charge is 0.436 e. The average molecular weight is 713 g/mol. The van der Waals surface area contributed by atoms with Crippen LogP contribution in [0.2, 0.25) is 0 Å². The number of aromatic nitrogens is 1. The van der Waals surface area contributed by atoms with E-state index in [9.17, 15) is 19.2 Å². The number of anilines is 1. The molecule has 4 amide bonds. The molecule has 2 aromatic carbocycles. The second-order valence-electron chi connectivity index (χ2n) is 14.9. The van der Waals surface area contributed by atoms with Crippen molar-refractivity contribution in [2.75, 3.05) is 58.2 Å². The quantitative estimate of drug-likeness (QED) is 0.382. The minimum atomic E-state index is -0.988. The maximum absolute atomic E-state index is 14.3. The number of hydrogen-bond donors (Lipinski definition) is 1. The Hall–Kier alpha value is -4.42. The predicted octanol–water partition coefficient (Wildman–Crippen LogP) is 4.55. The van der Waals surface area contributed by atoms with Gasteiger partial charge in [-0.3, -0.25) is 9.59 Å². The zero-order valence-electron chi connectivity index (χ0n) is 30.7. The summed E-state index contributed by atoms with van der Waals surface area (Å²) < 4.78 is 13.4. The summed E-state index contributed by atoms with van der Waals surface area (Å²) in [4.78, 5) is 61.5. The van der Waals surface area contributed by atoms with Crippen LogP contribution in [-0.4, -0.2) is 119 Å². The third-order valence-electron chi connectivity index (χ3n) is 11.8. The number of methoxy groups -OCH3 is 1. The van der Waals surface area contributed by atoms with E-state index in [2.05, 4.69) is 10.2 Å². The van der Waals surface area contributed by atoms with E-state index in [4.69, 9.17) is 9.47 Å². The Labute approximate surface area is 305 Å². The molecule has 0 aliphatic carbocycles. The van der Waals surface area contributed by atoms with Gasteiger partial charge in [0.15, 0.2) is 6.10 Å². The smallest absolute Gasteiger partial charge is 0.410 e. The molecule has 0 bridgehead atoms. The predicted molar refractivity (Wildman–Crippen MR) is 200 cm³/mol. The topological polar surface area (TPSA) is 117 Å². The van der Waals surface area contributed by atoms with E-state index >= 15 is 0 Å². The first-order chi connectivity index (χ1) is 25.2. The number of hydrogen-bond acceptors (Lipinski definition) is 7. The lowest BCUT2D eigenvalue weighted by Gasteiger charge is -2.42. The Morgan fingerprint density at radius 3 is 2.27 bits per heavy atom. The third kappa shape index (κ3) is 7.68. The van der Waals surface area contributed by atoms with Crippen molar-refractivity contribution >= 4 is 34.6 Å². The number of pyridine rings is 1. The zero-order valence-corrected chi connectivity index (χ0v) is 30.7. The standard InChI is InChI=1S/C40H52N6O6/c1-27-24-28(25-30-8-9-36(47)42(2)37(27)30)26-35(38(48)44-17-11-31(12-18-44)43-21-15-33(51-3)16-22-43)52-40(50)45-19-13-32(14-20-45)46-23-10-29-6-4-5-7-34(29)41-39(46)49/h4-9,24-25,31-33,35H,10-23,26H2,1-3H3,(H,41,49)/t35-/m1/s1. The first-order valence-electron chi connectivity index (χ1n) is 18.9. The number of carbonyl (C=O) groups excluding carboxylic acids is 3. The van der Waals surface area contributed by atoms with Gasteiger partial charge < -0.3 is 39.0 Å². The summed E-state index contributed by atoms with van der Waals surface area (Å²) in [5.74, 6) is -0.168. The number of nitrogens with one attached hydrogen (secondary N) is 1. The number of fused-ring (bicyclic) bond motifs is 2. The molecule has 1 aromatic heterocycles. The maximum atomic E-state index is 14.3. The van der Waals surface area contributed by atoms with Gasteiger partial charge in [-0.1, -0.05) is 24.3 Å². The second kappa shape index (κ2) is 15.7. The van der Waals surface area contributed by atoms with Crippen molar-refractivity contribution in [2.45, 2.75) is 82.6 Å². The van der Waals surface area contributed by atoms with Gasteiger partial charge in [0, 0.05) is 90.2 Å². The van der Waals surface area contributed by atoms with E-state index < -0.39 is 12.2 Å². The summed E-state index contributed by atoms with van der Waals surface area (Å²) in [6.45, 7) is 6.72. The summed E-state index contributed by atoms with van der Waals surface area (Å²) in [5.41, 5.74) is 4.54. The molecule has 278 valence electrons. The molecule has 3 fully saturated rings.